The third-order valence-corrected chi connectivity index (χ3v) is 38.6. The number of nitriles is 2. The van der Waals surface area contributed by atoms with Gasteiger partial charge in [0.05, 0.1) is 87.3 Å². The molecule has 10 nitrogen and oxygen atoms in total. The van der Waals surface area contributed by atoms with Crippen LogP contribution in [0.25, 0.3) is 146 Å². The van der Waals surface area contributed by atoms with Crippen molar-refractivity contribution >= 4 is 208 Å². The Morgan fingerprint density at radius 2 is 0.674 bits per heavy atom. The van der Waals surface area contributed by atoms with Gasteiger partial charge in [0.2, 0.25) is 0 Å². The Bertz CT molecular complexity index is 6750. The van der Waals surface area contributed by atoms with Crippen LogP contribution in [-0.2, 0) is 38.8 Å². The second-order valence-corrected chi connectivity index (χ2v) is 46.9. The molecule has 2 aliphatic carbocycles. The zero-order valence-electron chi connectivity index (χ0n) is 84.2. The summed E-state index contributed by atoms with van der Waals surface area (Å²) in [5.41, 5.74) is 13.7. The van der Waals surface area contributed by atoms with E-state index in [0.29, 0.717) is 44.5 Å². The molecule has 0 saturated carbocycles. The van der Waals surface area contributed by atoms with E-state index in [2.05, 4.69) is 98.5 Å². The zero-order chi connectivity index (χ0) is 98.7. The van der Waals surface area contributed by atoms with E-state index < -0.39 is 23.3 Å². The number of ketones is 2. The molecule has 9 aromatic heterocycles. The number of thiophene rings is 6. The number of unbranched alkanes of at least 4 members (excludes halogenated alkanes) is 34. The Morgan fingerprint density at radius 1 is 0.369 bits per heavy atom. The maximum absolute atomic E-state index is 15.4. The number of fused-ring (bicyclic) bond motifs is 18. The lowest BCUT2D eigenvalue weighted by Crippen LogP contribution is -2.13. The van der Waals surface area contributed by atoms with Gasteiger partial charge < -0.3 is 9.13 Å². The second kappa shape index (κ2) is 50.0. The minimum Gasteiger partial charge on any atom is -0.337 e. The van der Waals surface area contributed by atoms with E-state index in [-0.39, 0.29) is 56.4 Å². The van der Waals surface area contributed by atoms with E-state index in [0.717, 1.165) is 220 Å². The van der Waals surface area contributed by atoms with Gasteiger partial charge in [-0.05, 0) is 204 Å². The molecule has 2 aliphatic rings. The van der Waals surface area contributed by atoms with Crippen LogP contribution in [0, 0.1) is 70.9 Å². The number of hydrogen-bond acceptors (Lipinski definition) is 13. The number of carbonyl (C=O) groups excluding carboxylic acids is 2. The molecule has 2 atom stereocenters. The number of aromatic nitrogens is 4. The summed E-state index contributed by atoms with van der Waals surface area (Å²) in [5.74, 6) is -4.07. The third-order valence-electron chi connectivity index (χ3n) is 30.2. The van der Waals surface area contributed by atoms with Gasteiger partial charge in [0.1, 0.15) is 11.0 Å². The van der Waals surface area contributed by atoms with E-state index in [9.17, 15) is 10.5 Å². The lowest BCUT2D eigenvalue weighted by atomic mass is 9.98. The Kier molecular flexibility index (Phi) is 37.1. The van der Waals surface area contributed by atoms with Crippen molar-refractivity contribution in [2.24, 2.45) is 11.8 Å². The van der Waals surface area contributed by atoms with E-state index in [1.54, 1.807) is 46.9 Å². The number of Topliss-reactive ketones (excluding diaryl/α,β-unsaturated/α-hetero) is 2. The predicted octanol–water partition coefficient (Wildman–Crippen LogP) is 40.4. The summed E-state index contributed by atoms with van der Waals surface area (Å²) in [4.78, 5) is 44.9. The smallest absolute Gasteiger partial charge is 0.270 e. The molecule has 5 aromatic carbocycles. The Balaban J connectivity index is 0.916. The summed E-state index contributed by atoms with van der Waals surface area (Å²) in [6, 6.07) is 20.1. The number of halogens is 4. The van der Waals surface area contributed by atoms with Gasteiger partial charge in [0.25, 0.3) is 11.4 Å². The average Bonchev–Trinajstić information content (AvgIpc) is 1.50. The highest BCUT2D eigenvalue weighted by molar-refractivity contribution is 7.37. The first-order valence-electron chi connectivity index (χ1n) is 53.7. The Labute approximate surface area is 860 Å². The zero-order valence-corrected chi connectivity index (χ0v) is 89.9. The summed E-state index contributed by atoms with van der Waals surface area (Å²) >= 11 is 12.5. The minimum atomic E-state index is -1.02. The molecule has 2 unspecified atom stereocenters. The average molecular weight is 2020 g/mol. The van der Waals surface area contributed by atoms with Crippen molar-refractivity contribution in [2.75, 3.05) is 0 Å². The fourth-order valence-corrected chi connectivity index (χ4v) is 31.4. The minimum absolute atomic E-state index is 0.225. The molecule has 0 aliphatic heterocycles. The Hall–Kier alpha value is -9.26. The van der Waals surface area contributed by atoms with Crippen LogP contribution < -0.4 is 0 Å². The number of benzene rings is 5. The van der Waals surface area contributed by atoms with Gasteiger partial charge in [-0.3, -0.25) is 9.59 Å². The molecule has 141 heavy (non-hydrogen) atoms. The maximum Gasteiger partial charge on any atom is 0.270 e. The van der Waals surface area contributed by atoms with Crippen LogP contribution in [0.1, 0.15) is 402 Å². The monoisotopic (exact) mass is 2020 g/mol. The van der Waals surface area contributed by atoms with Crippen LogP contribution in [0.15, 0.2) is 83.2 Å². The van der Waals surface area contributed by atoms with E-state index in [1.165, 1.54) is 261 Å². The van der Waals surface area contributed by atoms with Crippen molar-refractivity contribution < 1.29 is 27.2 Å². The molecule has 0 saturated heterocycles. The van der Waals surface area contributed by atoms with Gasteiger partial charge >= 0.3 is 0 Å². The standard InChI is InChI=1S/C120H138F4N8O2S7/c1-11-19-25-29-33-37-41-45-49-55-77-67-99(135-97(77)69-89-101(95(71-125)127-9)85-59-79-63-91(121)93(123)65-81(79)61-87(85)111(89)133)113-83(57-51-47-43-39-35-31-27-21-13-3)115-119(137-113)109-117(139-115)103-105-106(130-141-129-105)104-108(107(103)131(109)73-75(17-7)53-23-15-5)132(74-76(18-8)54-24-16-6)110-118(104)140-116-84(58-52-48-44-40-36-32-28-22-14-4)114(138-120(110)116)100-68-78(56-50-46-42-38-34-30-26-20-12-2)98(136-100)70-90-102(96(72-126)128-10)86-60-80-64-92(122)94(124)66-82(80)62-88(86)112(90)134/h59-70,75-76H,11-58,73-74H2,1-8H3/b89-69-,90-70-,101-95-,102-96+. The number of aryl methyl sites for hydroxylation is 4. The first-order chi connectivity index (χ1) is 69.0. The molecule has 16 rings (SSSR count). The van der Waals surface area contributed by atoms with Gasteiger partial charge in [-0.25, -0.2) is 37.8 Å². The molecule has 0 amide bonds. The fraction of sp³-hybridized carbons (Fsp3) is 0.500. The number of hydrogen-bond donors (Lipinski definition) is 0. The van der Waals surface area contributed by atoms with Crippen molar-refractivity contribution in [1.29, 1.82) is 10.5 Å². The normalized spacial score (nSPS) is 14.7. The first kappa shape index (κ1) is 105. The number of nitrogens with zero attached hydrogens (tertiary/aromatic N) is 8. The largest absolute Gasteiger partial charge is 0.337 e. The van der Waals surface area contributed by atoms with Crippen molar-refractivity contribution in [3.8, 4) is 31.6 Å². The molecule has 21 heteroatoms. The molecule has 0 radical (unpaired) electrons. The topological polar surface area (TPSA) is 126 Å². The van der Waals surface area contributed by atoms with Gasteiger partial charge in [-0.2, -0.15) is 8.75 Å². The first-order valence-corrected chi connectivity index (χ1v) is 59.4. The van der Waals surface area contributed by atoms with Gasteiger partial charge in [-0.1, -0.05) is 299 Å². The summed E-state index contributed by atoms with van der Waals surface area (Å²) in [6.07, 6.45) is 58.5. The van der Waals surface area contributed by atoms with Crippen LogP contribution in [0.4, 0.5) is 17.6 Å². The number of carbonyl (C=O) groups is 2. The molecule has 0 bridgehead atoms. The molecular weight excluding hydrogens is 1890 g/mol. The van der Waals surface area contributed by atoms with E-state index in [4.69, 9.17) is 21.9 Å². The molecule has 0 N–H and O–H groups in total. The van der Waals surface area contributed by atoms with Gasteiger partial charge in [-0.15, -0.1) is 68.0 Å². The number of rotatable bonds is 56. The predicted molar refractivity (Wildman–Crippen MR) is 598 cm³/mol. The molecule has 9 heterocycles. The van der Waals surface area contributed by atoms with Gasteiger partial charge in [0, 0.05) is 86.5 Å². The number of allylic oxidation sites excluding steroid dienone is 6. The maximum atomic E-state index is 15.4. The summed E-state index contributed by atoms with van der Waals surface area (Å²) in [7, 11) is 0. The lowest BCUT2D eigenvalue weighted by Gasteiger charge is -2.20. The lowest BCUT2D eigenvalue weighted by molar-refractivity contribution is 0.103. The van der Waals surface area contributed by atoms with Crippen LogP contribution in [0.2, 0.25) is 0 Å². The second-order valence-electron chi connectivity index (χ2n) is 40.2. The van der Waals surface area contributed by atoms with Crippen LogP contribution >= 0.6 is 79.7 Å². The van der Waals surface area contributed by atoms with Crippen molar-refractivity contribution in [1.82, 2.24) is 17.9 Å². The van der Waals surface area contributed by atoms with Crippen LogP contribution in [0.5, 0.6) is 0 Å². The van der Waals surface area contributed by atoms with Crippen LogP contribution in [-0.4, -0.2) is 29.4 Å². The fourth-order valence-electron chi connectivity index (χ4n) is 22.2. The molecule has 14 aromatic rings. The van der Waals surface area contributed by atoms with E-state index >= 15 is 27.2 Å². The highest BCUT2D eigenvalue weighted by Crippen LogP contribution is 2.59. The molecule has 0 fully saturated rings. The highest BCUT2D eigenvalue weighted by Gasteiger charge is 2.39. The summed E-state index contributed by atoms with van der Waals surface area (Å²) < 4.78 is 84.9. The summed E-state index contributed by atoms with van der Waals surface area (Å²) in [6.45, 7) is 36.9. The van der Waals surface area contributed by atoms with Crippen molar-refractivity contribution in [3.63, 3.8) is 0 Å². The highest BCUT2D eigenvalue weighted by atomic mass is 32.1. The summed E-state index contributed by atoms with van der Waals surface area (Å²) in [5, 5.41) is 25.5. The SMILES string of the molecule is [C-]#[N+]/C(C#N)=C1\C(=C\c2sc(-c3sc4c(sc5c6c7nsnc7c7c8sc9c(CCCCCCCCCCC)c(-c%10cc(CCCCCCCCCCC)c(/C=C%11\C(=O)c%12cc%13cc(F)c(F)cc%13cc%12\C%11=C(\C#N)[N+]#[C-])s%10)sc9c8n(CC(CC)CCCC)c7c6n(CC(CC)CCCC)c45)c3CCCCCCCCCCC)cc2CCCCCCCCCCC)C(=O)c2cc3cc(F)c(F)cc3cc21. The quantitative estimate of drug-likeness (QED) is 0.0123. The molecule has 740 valence electrons. The molecule has 0 spiro atoms. The third kappa shape index (κ3) is 22.7. The van der Waals surface area contributed by atoms with Crippen molar-refractivity contribution in [2.45, 2.75) is 377 Å². The van der Waals surface area contributed by atoms with E-state index in [1.807, 2.05) is 57.5 Å². The van der Waals surface area contributed by atoms with Gasteiger partial charge in [0.15, 0.2) is 34.8 Å². The Morgan fingerprint density at radius 3 is 0.979 bits per heavy atom. The molecular formula is C120H138F4N8O2S7. The van der Waals surface area contributed by atoms with Crippen molar-refractivity contribution in [3.05, 3.63) is 184 Å². The van der Waals surface area contributed by atoms with Crippen LogP contribution in [0.3, 0.4) is 0 Å².